The van der Waals surface area contributed by atoms with E-state index >= 15 is 0 Å². The molecule has 0 aliphatic heterocycles. The zero-order valence-electron chi connectivity index (χ0n) is 15.1. The second-order valence-corrected chi connectivity index (χ2v) is 7.19. The van der Waals surface area contributed by atoms with Gasteiger partial charge >= 0.3 is 0 Å². The van der Waals surface area contributed by atoms with Crippen molar-refractivity contribution in [2.75, 3.05) is 5.32 Å². The highest BCUT2D eigenvalue weighted by atomic mass is 79.9. The quantitative estimate of drug-likeness (QED) is 0.478. The minimum atomic E-state index is -0.220. The Morgan fingerprint density at radius 3 is 2.61 bits per heavy atom. The summed E-state index contributed by atoms with van der Waals surface area (Å²) in [5, 5.41) is 7.62. The molecule has 2 aromatic carbocycles. The molecule has 0 bridgehead atoms. The molecule has 0 spiro atoms. The van der Waals surface area contributed by atoms with Crippen molar-refractivity contribution in [2.24, 2.45) is 0 Å². The maximum absolute atomic E-state index is 13.1. The second kappa shape index (κ2) is 7.78. The van der Waals surface area contributed by atoms with Crippen LogP contribution in [-0.2, 0) is 0 Å². The summed E-state index contributed by atoms with van der Waals surface area (Å²) in [6.45, 7) is 1.98. The molecule has 0 fully saturated rings. The topological polar surface area (TPSA) is 59.8 Å². The molecule has 0 atom stereocenters. The van der Waals surface area contributed by atoms with E-state index in [2.05, 4.69) is 31.3 Å². The molecule has 4 rings (SSSR count). The van der Waals surface area contributed by atoms with Gasteiger partial charge in [0, 0.05) is 34.3 Å². The summed E-state index contributed by atoms with van der Waals surface area (Å²) < 4.78 is 2.71. The van der Waals surface area contributed by atoms with Gasteiger partial charge in [-0.25, -0.2) is 4.68 Å². The first-order chi connectivity index (χ1) is 13.6. The van der Waals surface area contributed by atoms with Crippen molar-refractivity contribution in [3.63, 3.8) is 0 Å². The molecule has 138 valence electrons. The Labute approximate surface area is 171 Å². The summed E-state index contributed by atoms with van der Waals surface area (Å²) in [4.78, 5) is 17.2. The standard InChI is InChI=1S/C22H17BrN4O/c1-15-12-17(9-10-20(15)23)25-22(28)19-14-27(18-7-3-2-4-8-18)26-21(19)16-6-5-11-24-13-16/h2-14H,1H3,(H,25,28). The van der Waals surface area contributed by atoms with Gasteiger partial charge in [-0.3, -0.25) is 9.78 Å². The molecule has 4 aromatic rings. The molecular weight excluding hydrogens is 416 g/mol. The maximum atomic E-state index is 13.1. The lowest BCUT2D eigenvalue weighted by Gasteiger charge is -2.07. The molecule has 2 heterocycles. The molecule has 0 radical (unpaired) electrons. The number of amides is 1. The Morgan fingerprint density at radius 2 is 1.89 bits per heavy atom. The first kappa shape index (κ1) is 18.1. The molecule has 0 aliphatic carbocycles. The lowest BCUT2D eigenvalue weighted by atomic mass is 10.1. The Kier molecular flexibility index (Phi) is 5.04. The van der Waals surface area contributed by atoms with Crippen molar-refractivity contribution >= 4 is 27.5 Å². The SMILES string of the molecule is Cc1cc(NC(=O)c2cn(-c3ccccc3)nc2-c2cccnc2)ccc1Br. The number of nitrogens with one attached hydrogen (secondary N) is 1. The third-order valence-electron chi connectivity index (χ3n) is 4.33. The third-order valence-corrected chi connectivity index (χ3v) is 5.22. The van der Waals surface area contributed by atoms with Gasteiger partial charge in [0.25, 0.3) is 5.91 Å². The number of halogens is 1. The fraction of sp³-hybridized carbons (Fsp3) is 0.0455. The van der Waals surface area contributed by atoms with Crippen LogP contribution in [0.15, 0.2) is 83.7 Å². The van der Waals surface area contributed by atoms with Crippen molar-refractivity contribution in [3.05, 3.63) is 94.9 Å². The largest absolute Gasteiger partial charge is 0.322 e. The zero-order valence-corrected chi connectivity index (χ0v) is 16.7. The van der Waals surface area contributed by atoms with Crippen molar-refractivity contribution in [1.82, 2.24) is 14.8 Å². The summed E-state index contributed by atoms with van der Waals surface area (Å²) in [5.41, 5.74) is 4.52. The predicted molar refractivity (Wildman–Crippen MR) is 114 cm³/mol. The Balaban J connectivity index is 1.75. The van der Waals surface area contributed by atoms with Gasteiger partial charge in [0.2, 0.25) is 0 Å². The fourth-order valence-corrected chi connectivity index (χ4v) is 3.14. The highest BCUT2D eigenvalue weighted by Gasteiger charge is 2.19. The Bertz CT molecular complexity index is 1120. The van der Waals surface area contributed by atoms with Gasteiger partial charge in [-0.05, 0) is 55.0 Å². The molecule has 5 nitrogen and oxygen atoms in total. The van der Waals surface area contributed by atoms with E-state index in [-0.39, 0.29) is 5.91 Å². The molecule has 0 aliphatic rings. The van der Waals surface area contributed by atoms with E-state index in [1.165, 1.54) is 0 Å². The van der Waals surface area contributed by atoms with E-state index in [9.17, 15) is 4.79 Å². The predicted octanol–water partition coefficient (Wildman–Crippen LogP) is 5.26. The summed E-state index contributed by atoms with van der Waals surface area (Å²) in [6, 6.07) is 19.1. The molecule has 0 unspecified atom stereocenters. The van der Waals surface area contributed by atoms with E-state index in [0.29, 0.717) is 11.3 Å². The highest BCUT2D eigenvalue weighted by molar-refractivity contribution is 9.10. The average molecular weight is 433 g/mol. The van der Waals surface area contributed by atoms with Gasteiger partial charge in [-0.2, -0.15) is 5.10 Å². The van der Waals surface area contributed by atoms with Crippen molar-refractivity contribution in [3.8, 4) is 16.9 Å². The van der Waals surface area contributed by atoms with Crippen LogP contribution in [0.3, 0.4) is 0 Å². The summed E-state index contributed by atoms with van der Waals surface area (Å²) in [5.74, 6) is -0.220. The van der Waals surface area contributed by atoms with Crippen LogP contribution in [0.5, 0.6) is 0 Å². The molecule has 0 saturated carbocycles. The Morgan fingerprint density at radius 1 is 1.07 bits per heavy atom. The number of anilines is 1. The number of nitrogens with zero attached hydrogens (tertiary/aromatic N) is 3. The highest BCUT2D eigenvalue weighted by Crippen LogP contribution is 2.25. The van der Waals surface area contributed by atoms with Gasteiger partial charge in [0.15, 0.2) is 0 Å². The smallest absolute Gasteiger partial charge is 0.259 e. The first-order valence-corrected chi connectivity index (χ1v) is 9.54. The van der Waals surface area contributed by atoms with Crippen LogP contribution in [-0.4, -0.2) is 20.7 Å². The first-order valence-electron chi connectivity index (χ1n) is 8.75. The molecule has 6 heteroatoms. The number of para-hydroxylation sites is 1. The van der Waals surface area contributed by atoms with Crippen molar-refractivity contribution in [2.45, 2.75) is 6.92 Å². The molecule has 0 saturated heterocycles. The number of aromatic nitrogens is 3. The molecule has 1 N–H and O–H groups in total. The molecule has 28 heavy (non-hydrogen) atoms. The second-order valence-electron chi connectivity index (χ2n) is 6.33. The normalized spacial score (nSPS) is 10.6. The number of carbonyl (C=O) groups is 1. The Hall–Kier alpha value is -3.25. The monoisotopic (exact) mass is 432 g/mol. The van der Waals surface area contributed by atoms with E-state index in [1.807, 2.05) is 67.6 Å². The van der Waals surface area contributed by atoms with Crippen LogP contribution < -0.4 is 5.32 Å². The molecular formula is C22H17BrN4O. The van der Waals surface area contributed by atoms with Gasteiger partial charge < -0.3 is 5.32 Å². The van der Waals surface area contributed by atoms with Gasteiger partial charge in [0.1, 0.15) is 5.69 Å². The van der Waals surface area contributed by atoms with Gasteiger partial charge in [0.05, 0.1) is 11.3 Å². The summed E-state index contributed by atoms with van der Waals surface area (Å²) >= 11 is 3.48. The molecule has 2 aromatic heterocycles. The number of benzene rings is 2. The van der Waals surface area contributed by atoms with E-state index in [1.54, 1.807) is 23.3 Å². The zero-order chi connectivity index (χ0) is 19.5. The van der Waals surface area contributed by atoms with Gasteiger partial charge in [-0.15, -0.1) is 0 Å². The van der Waals surface area contributed by atoms with E-state index < -0.39 is 0 Å². The number of hydrogen-bond donors (Lipinski definition) is 1. The van der Waals surface area contributed by atoms with Crippen LogP contribution in [0.2, 0.25) is 0 Å². The van der Waals surface area contributed by atoms with Crippen LogP contribution in [0.4, 0.5) is 5.69 Å². The minimum Gasteiger partial charge on any atom is -0.322 e. The van der Waals surface area contributed by atoms with Crippen LogP contribution in [0.1, 0.15) is 15.9 Å². The summed E-state index contributed by atoms with van der Waals surface area (Å²) in [6.07, 6.45) is 5.15. The maximum Gasteiger partial charge on any atom is 0.259 e. The van der Waals surface area contributed by atoms with E-state index in [4.69, 9.17) is 0 Å². The number of pyridine rings is 1. The number of hydrogen-bond acceptors (Lipinski definition) is 3. The molecule has 1 amide bonds. The third kappa shape index (κ3) is 3.73. The van der Waals surface area contributed by atoms with Crippen LogP contribution in [0, 0.1) is 6.92 Å². The van der Waals surface area contributed by atoms with Crippen LogP contribution in [0.25, 0.3) is 16.9 Å². The average Bonchev–Trinajstić information content (AvgIpc) is 3.18. The number of rotatable bonds is 4. The van der Waals surface area contributed by atoms with Crippen molar-refractivity contribution in [1.29, 1.82) is 0 Å². The number of aryl methyl sites for hydroxylation is 1. The fourth-order valence-electron chi connectivity index (χ4n) is 2.89. The van der Waals surface area contributed by atoms with Crippen molar-refractivity contribution < 1.29 is 4.79 Å². The van der Waals surface area contributed by atoms with Gasteiger partial charge in [-0.1, -0.05) is 34.1 Å². The number of carbonyl (C=O) groups excluding carboxylic acids is 1. The minimum absolute atomic E-state index is 0.220. The summed E-state index contributed by atoms with van der Waals surface area (Å²) in [7, 11) is 0. The van der Waals surface area contributed by atoms with Crippen LogP contribution >= 0.6 is 15.9 Å². The lowest BCUT2D eigenvalue weighted by Crippen LogP contribution is -2.12. The van der Waals surface area contributed by atoms with E-state index in [0.717, 1.165) is 27.0 Å². The lowest BCUT2D eigenvalue weighted by molar-refractivity contribution is 0.102.